The van der Waals surface area contributed by atoms with Gasteiger partial charge in [0.15, 0.2) is 0 Å². The molecule has 14 aromatic carbocycles. The maximum absolute atomic E-state index is 11.9. The van der Waals surface area contributed by atoms with Gasteiger partial charge < -0.3 is 18.9 Å². The molecule has 0 saturated heterocycles. The number of hydrogen-bond acceptors (Lipinski definition) is 2. The number of para-hydroxylation sites is 4. The van der Waals surface area contributed by atoms with E-state index in [9.17, 15) is 48.0 Å². The van der Waals surface area contributed by atoms with E-state index in [2.05, 4.69) is 6.07 Å². The van der Waals surface area contributed by atoms with Crippen LogP contribution in [0.1, 0.15) is 285 Å². The minimum Gasteiger partial charge on any atom is -0.310 e. The maximum Gasteiger partial charge on any atom is 0.252 e. The molecule has 2 aliphatic heterocycles. The lowest BCUT2D eigenvalue weighted by Gasteiger charge is -2.46. The molecule has 0 unspecified atom stereocenters. The molecule has 0 radical (unpaired) electrons. The summed E-state index contributed by atoms with van der Waals surface area (Å²) in [5, 5.41) is -1.79. The standard InChI is InChI=1S/C120H127BN4/c1-112(2,3)79-51-44-74(45-52-79)94-66-85(118(19,20)21)67-95(75-46-53-80(54-47-75)113(4,5)6)110(94)125-106-71-87(122-101-40-32-28-36-90(101)91-37-29-33-41-102(91)122)58-61-100(106)121-99-60-50-77(78-62-83(116(13,14)15)65-84(63-78)117(16,17)18)64-105(99)124(107-72-88(73-108(125)109(107)121)123-103-42-34-30-38-92(103)93-39-31-35-43-104(93)123)111-96(76-48-55-81(56-49-76)114(7,8)9)68-86(119(22,23)24)69-97(111)89-59-57-82(115(10,11)12)70-98(89)120(25,26)27/h28-73H,1-27H3/i28D,29D,30D,31D,32D,33D,34D,35D,36D,37D,38D,39D,40D,41D,42D,43D,44D,45D,46D,47D,48D,49D,51D,52D,53D,54D,55D,56D,57D,59D,66D,67D,68D,69D,70D. The Kier molecular flexibility index (Phi) is 12.3. The molecule has 4 heterocycles. The van der Waals surface area contributed by atoms with Crippen LogP contribution in [0.5, 0.6) is 0 Å². The molecule has 0 fully saturated rings. The van der Waals surface area contributed by atoms with Crippen molar-refractivity contribution in [2.24, 2.45) is 0 Å². The van der Waals surface area contributed by atoms with Gasteiger partial charge in [-0.3, -0.25) is 0 Å². The Balaban J connectivity index is 1.27. The highest BCUT2D eigenvalue weighted by atomic mass is 15.2. The summed E-state index contributed by atoms with van der Waals surface area (Å²) >= 11 is 0. The fourth-order valence-electron chi connectivity index (χ4n) is 16.9. The molecule has 0 amide bonds. The lowest BCUT2D eigenvalue weighted by molar-refractivity contribution is 0.568. The van der Waals surface area contributed by atoms with Crippen molar-refractivity contribution in [3.8, 4) is 67.0 Å². The fraction of sp³-hybridized carbons (Fsp3) is 0.300. The fourth-order valence-corrected chi connectivity index (χ4v) is 16.9. The average molecular weight is 1670 g/mol. The van der Waals surface area contributed by atoms with Crippen molar-refractivity contribution >= 4 is 101 Å². The van der Waals surface area contributed by atoms with Gasteiger partial charge >= 0.3 is 0 Å². The van der Waals surface area contributed by atoms with E-state index in [0.29, 0.717) is 11.1 Å². The van der Waals surface area contributed by atoms with Crippen LogP contribution in [0.2, 0.25) is 0 Å². The molecular weight excluding hydrogens is 1510 g/mol. The highest BCUT2D eigenvalue weighted by Gasteiger charge is 2.47. The summed E-state index contributed by atoms with van der Waals surface area (Å²) in [6.07, 6.45) is 0. The van der Waals surface area contributed by atoms with Crippen molar-refractivity contribution in [3.05, 3.63) is 328 Å². The Bertz CT molecular complexity index is 8880. The van der Waals surface area contributed by atoms with Crippen molar-refractivity contribution in [1.82, 2.24) is 9.13 Å². The summed E-state index contributed by atoms with van der Waals surface area (Å²) in [5.41, 5.74) is -17.5. The van der Waals surface area contributed by atoms with Crippen LogP contribution >= 0.6 is 0 Å². The van der Waals surface area contributed by atoms with Gasteiger partial charge in [0.05, 0.1) is 87.1 Å². The first-order valence-electron chi connectivity index (χ1n) is 60.4. The highest BCUT2D eigenvalue weighted by Crippen LogP contribution is 2.58. The van der Waals surface area contributed by atoms with Gasteiger partial charge in [-0.25, -0.2) is 0 Å². The van der Waals surface area contributed by atoms with Crippen LogP contribution in [0, 0.1) is 0 Å². The molecule has 2 aromatic heterocycles. The van der Waals surface area contributed by atoms with Crippen molar-refractivity contribution in [2.75, 3.05) is 9.80 Å². The first-order valence-corrected chi connectivity index (χ1v) is 42.9. The second kappa shape index (κ2) is 29.5. The van der Waals surface area contributed by atoms with Gasteiger partial charge in [0.25, 0.3) is 6.71 Å². The Morgan fingerprint density at radius 1 is 0.232 bits per heavy atom. The lowest BCUT2D eigenvalue weighted by atomic mass is 9.33. The lowest BCUT2D eigenvalue weighted by Crippen LogP contribution is -2.61. The Labute approximate surface area is 795 Å². The largest absolute Gasteiger partial charge is 0.310 e. The minimum atomic E-state index is -1.59. The van der Waals surface area contributed by atoms with Crippen molar-refractivity contribution in [1.29, 1.82) is 0 Å². The van der Waals surface area contributed by atoms with E-state index in [0.717, 1.165) is 15.7 Å². The smallest absolute Gasteiger partial charge is 0.252 e. The quantitative estimate of drug-likeness (QED) is 0.134. The molecule has 5 heteroatoms. The van der Waals surface area contributed by atoms with Crippen LogP contribution < -0.4 is 26.2 Å². The summed E-state index contributed by atoms with van der Waals surface area (Å²) in [6.45, 7) is 46.5. The number of nitrogens with zero attached hydrogens (tertiary/aromatic N) is 4. The van der Waals surface area contributed by atoms with Crippen molar-refractivity contribution in [2.45, 2.75) is 236 Å². The van der Waals surface area contributed by atoms with Crippen LogP contribution in [-0.2, 0) is 48.7 Å². The number of rotatable bonds is 9. The number of aromatic nitrogens is 2. The maximum atomic E-state index is 11.9. The van der Waals surface area contributed by atoms with Gasteiger partial charge in [0.1, 0.15) is 0 Å². The first kappa shape index (κ1) is 52.3. The predicted molar refractivity (Wildman–Crippen MR) is 545 cm³/mol. The zero-order valence-electron chi connectivity index (χ0n) is 112. The van der Waals surface area contributed by atoms with Crippen LogP contribution in [0.25, 0.3) is 111 Å². The van der Waals surface area contributed by atoms with Crippen LogP contribution in [0.3, 0.4) is 0 Å². The molecule has 0 bridgehead atoms. The summed E-state index contributed by atoms with van der Waals surface area (Å²) < 4.78 is 370. The van der Waals surface area contributed by atoms with Gasteiger partial charge in [-0.1, -0.05) is 386 Å². The van der Waals surface area contributed by atoms with E-state index in [-0.39, 0.29) is 101 Å². The SMILES string of the molecule is [2H]c1c([2H])c(C(C)(C)C)c([2H])c([2H])c1-c1c([2H])c(C(C)(C)C)c([2H])c(-c2c([2H])c([2H])c(C(C)(C)C)c([2H])c2[2H])c1N1c2cc(-n3c4c([2H])c([2H])c([2H])c([2H])c4c4c([2H])c([2H])c([2H])c([2H])c43)ccc2B2c3ccc(-c4cc(C(C)(C)C)cc(C(C)(C)C)c4)cc3N(c3c(-c4c([2H])c([2H])c(C(C)(C)C)c([2H])c4[2H])c([2H])c(C(C)(C)C)c([2H])c3-c3c([2H])c([2H])c(C(C)(C)C)c([2H])c3C(C)(C)C)c3cc(-n4c5c([2H])c([2H])c([2H])c([2H])c5c5c([2H])c([2H])c([2H])c([2H])c54)cc1c32. The molecule has 0 atom stereocenters. The third-order valence-corrected chi connectivity index (χ3v) is 24.0. The molecule has 18 rings (SSSR count). The highest BCUT2D eigenvalue weighted by molar-refractivity contribution is 7.00. The summed E-state index contributed by atoms with van der Waals surface area (Å²) in [7, 11) is 0. The van der Waals surface area contributed by atoms with E-state index >= 15 is 0 Å². The molecular formula is C120H127BN4. The molecule has 0 spiro atoms. The molecule has 0 saturated carbocycles. The zero-order valence-corrected chi connectivity index (χ0v) is 76.7. The Hall–Kier alpha value is -11.7. The third-order valence-electron chi connectivity index (χ3n) is 24.0. The molecule has 0 N–H and O–H groups in total. The topological polar surface area (TPSA) is 16.3 Å². The van der Waals surface area contributed by atoms with Crippen LogP contribution in [-0.4, -0.2) is 15.8 Å². The van der Waals surface area contributed by atoms with Gasteiger partial charge in [-0.15, -0.1) is 0 Å². The number of fused-ring (bicyclic) bond motifs is 10. The molecule has 125 heavy (non-hydrogen) atoms. The first-order chi connectivity index (χ1) is 73.3. The predicted octanol–water partition coefficient (Wildman–Crippen LogP) is 32.0. The van der Waals surface area contributed by atoms with E-state index in [1.807, 2.05) is 59.7 Å². The zero-order chi connectivity index (χ0) is 119. The summed E-state index contributed by atoms with van der Waals surface area (Å²) in [5.74, 6) is 0. The van der Waals surface area contributed by atoms with Gasteiger partial charge in [-0.2, -0.15) is 0 Å². The second-order valence-corrected chi connectivity index (χ2v) is 42.8. The Morgan fingerprint density at radius 2 is 0.552 bits per heavy atom. The number of anilines is 6. The minimum absolute atomic E-state index is 0.0119. The molecule has 630 valence electrons. The van der Waals surface area contributed by atoms with Crippen molar-refractivity contribution in [3.63, 3.8) is 0 Å². The van der Waals surface area contributed by atoms with E-state index in [4.69, 9.17) is 0 Å². The van der Waals surface area contributed by atoms with Gasteiger partial charge in [0, 0.05) is 72.2 Å². The van der Waals surface area contributed by atoms with Gasteiger partial charge in [-0.05, 0) is 227 Å². The molecule has 2 aliphatic rings. The Morgan fingerprint density at radius 3 is 0.920 bits per heavy atom. The summed E-state index contributed by atoms with van der Waals surface area (Å²) in [6, 6.07) is -7.07. The van der Waals surface area contributed by atoms with E-state index < -0.39 is 355 Å². The summed E-state index contributed by atoms with van der Waals surface area (Å²) in [4.78, 5) is 2.95. The third kappa shape index (κ3) is 14.9. The average Bonchev–Trinajstić information content (AvgIpc) is 1.07. The van der Waals surface area contributed by atoms with Crippen LogP contribution in [0.4, 0.5) is 34.1 Å². The number of hydrogen-bond donors (Lipinski definition) is 0. The van der Waals surface area contributed by atoms with Gasteiger partial charge in [0.2, 0.25) is 0 Å². The van der Waals surface area contributed by atoms with E-state index in [1.54, 1.807) is 168 Å². The molecule has 16 aromatic rings. The van der Waals surface area contributed by atoms with E-state index in [1.165, 1.54) is 33.7 Å². The normalized spacial score (nSPS) is 17.6. The number of benzene rings is 14. The second-order valence-electron chi connectivity index (χ2n) is 42.8. The van der Waals surface area contributed by atoms with Crippen molar-refractivity contribution < 1.29 is 48.0 Å². The molecule has 4 nitrogen and oxygen atoms in total. The van der Waals surface area contributed by atoms with Crippen LogP contribution in [0.15, 0.2) is 278 Å². The molecule has 0 aliphatic carbocycles. The monoisotopic (exact) mass is 1670 g/mol.